The average molecular weight is 217 g/mol. The Kier molecular flexibility index (Phi) is 9.87. The highest BCUT2D eigenvalue weighted by atomic mass is 16.5. The highest BCUT2D eigenvalue weighted by Gasteiger charge is 2.17. The molecule has 5 nitrogen and oxygen atoms in total. The Morgan fingerprint density at radius 3 is 2.13 bits per heavy atom. The van der Waals surface area contributed by atoms with E-state index in [0.717, 1.165) is 12.7 Å². The lowest BCUT2D eigenvalue weighted by atomic mass is 10.0. The van der Waals surface area contributed by atoms with Gasteiger partial charge in [0.15, 0.2) is 0 Å². The lowest BCUT2D eigenvalue weighted by Crippen LogP contribution is -2.36. The van der Waals surface area contributed by atoms with Crippen LogP contribution in [-0.2, 0) is 14.3 Å². The molecule has 3 N–H and O–H groups in total. The molecule has 88 valence electrons. The lowest BCUT2D eigenvalue weighted by Gasteiger charge is -2.11. The zero-order valence-electron chi connectivity index (χ0n) is 9.40. The zero-order chi connectivity index (χ0) is 12.4. The van der Waals surface area contributed by atoms with Crippen LogP contribution in [-0.4, -0.2) is 23.1 Å². The normalized spacial score (nSPS) is 12.8. The van der Waals surface area contributed by atoms with Crippen molar-refractivity contribution in [3.05, 3.63) is 12.8 Å². The van der Waals surface area contributed by atoms with Crippen molar-refractivity contribution < 1.29 is 19.4 Å². The Labute approximate surface area is 89.9 Å². The number of hydrogen-bond acceptors (Lipinski definition) is 4. The van der Waals surface area contributed by atoms with Gasteiger partial charge in [-0.3, -0.25) is 9.59 Å². The zero-order valence-corrected chi connectivity index (χ0v) is 9.40. The fourth-order valence-corrected chi connectivity index (χ4v) is 0.615. The van der Waals surface area contributed by atoms with Gasteiger partial charge >= 0.3 is 11.9 Å². The van der Waals surface area contributed by atoms with Crippen molar-refractivity contribution >= 4 is 11.9 Å². The third kappa shape index (κ3) is 10.6. The molecule has 15 heavy (non-hydrogen) atoms. The van der Waals surface area contributed by atoms with Crippen molar-refractivity contribution in [3.8, 4) is 0 Å². The molecule has 0 heterocycles. The number of ether oxygens (including phenoxy) is 1. The van der Waals surface area contributed by atoms with Crippen molar-refractivity contribution in [3.63, 3.8) is 0 Å². The molecule has 0 aromatic carbocycles. The van der Waals surface area contributed by atoms with E-state index in [4.69, 9.17) is 10.8 Å². The summed E-state index contributed by atoms with van der Waals surface area (Å²) in [4.78, 5) is 19.9. The second-order valence-electron chi connectivity index (χ2n) is 3.03. The van der Waals surface area contributed by atoms with Crippen molar-refractivity contribution in [2.45, 2.75) is 33.2 Å². The summed E-state index contributed by atoms with van der Waals surface area (Å²) < 4.78 is 4.17. The molecule has 0 aromatic rings. The minimum atomic E-state index is -0.913. The molecule has 5 heteroatoms. The van der Waals surface area contributed by atoms with Crippen molar-refractivity contribution in [2.24, 2.45) is 11.7 Å². The molecule has 0 saturated heterocycles. The minimum Gasteiger partial charge on any atom is -0.480 e. The van der Waals surface area contributed by atoms with E-state index in [1.165, 1.54) is 6.92 Å². The maximum atomic E-state index is 10.2. The average Bonchev–Trinajstić information content (AvgIpc) is 2.16. The number of carbonyl (C=O) groups excluding carboxylic acids is 1. The van der Waals surface area contributed by atoms with E-state index in [-0.39, 0.29) is 11.9 Å². The van der Waals surface area contributed by atoms with Crippen LogP contribution in [0.5, 0.6) is 0 Å². The number of nitrogens with two attached hydrogens (primary N) is 1. The molecule has 0 saturated carbocycles. The van der Waals surface area contributed by atoms with E-state index in [9.17, 15) is 9.59 Å². The van der Waals surface area contributed by atoms with E-state index >= 15 is 0 Å². The summed E-state index contributed by atoms with van der Waals surface area (Å²) in [5, 5.41) is 8.36. The molecule has 0 amide bonds. The highest BCUT2D eigenvalue weighted by Crippen LogP contribution is 2.04. The quantitative estimate of drug-likeness (QED) is 0.544. The minimum absolute atomic E-state index is 0.0718. The topological polar surface area (TPSA) is 89.6 Å². The first-order valence-electron chi connectivity index (χ1n) is 4.63. The molecule has 0 aliphatic carbocycles. The lowest BCUT2D eigenvalue weighted by molar-refractivity contribution is -0.139. The Morgan fingerprint density at radius 1 is 1.60 bits per heavy atom. The van der Waals surface area contributed by atoms with E-state index in [2.05, 4.69) is 11.3 Å². The summed E-state index contributed by atoms with van der Waals surface area (Å²) in [7, 11) is 0. The van der Waals surface area contributed by atoms with Crippen LogP contribution in [0.3, 0.4) is 0 Å². The van der Waals surface area contributed by atoms with Gasteiger partial charge in [-0.25, -0.2) is 0 Å². The Hall–Kier alpha value is -1.36. The maximum Gasteiger partial charge on any atom is 0.320 e. The fraction of sp³-hybridized carbons (Fsp3) is 0.600. The van der Waals surface area contributed by atoms with Crippen LogP contribution in [0.4, 0.5) is 0 Å². The summed E-state index contributed by atoms with van der Waals surface area (Å²) >= 11 is 0. The highest BCUT2D eigenvalue weighted by molar-refractivity contribution is 5.73. The summed E-state index contributed by atoms with van der Waals surface area (Å²) in [6.07, 6.45) is 1.91. The molecule has 0 spiro atoms. The van der Waals surface area contributed by atoms with Crippen LogP contribution in [0.2, 0.25) is 0 Å². The SMILES string of the molecule is C=COC(C)=O.CCC(C)C(N)C(=O)O. The molecule has 0 bridgehead atoms. The largest absolute Gasteiger partial charge is 0.480 e. The number of rotatable bonds is 4. The standard InChI is InChI=1S/C6H13NO2.C4H6O2/c1-3-4(2)5(7)6(8)9;1-3-6-4(2)5/h4-5H,3,7H2,1-2H3,(H,8,9);3H,1H2,2H3. The number of hydrogen-bond donors (Lipinski definition) is 2. The summed E-state index contributed by atoms with van der Waals surface area (Å²) in [6, 6.07) is -0.699. The van der Waals surface area contributed by atoms with Crippen LogP contribution in [0.25, 0.3) is 0 Å². The van der Waals surface area contributed by atoms with Gasteiger partial charge in [0.2, 0.25) is 0 Å². The van der Waals surface area contributed by atoms with Crippen LogP contribution in [0, 0.1) is 5.92 Å². The molecule has 2 atom stereocenters. The number of carboxylic acid groups (broad SMARTS) is 1. The second-order valence-corrected chi connectivity index (χ2v) is 3.03. The smallest absolute Gasteiger partial charge is 0.320 e. The molecular weight excluding hydrogens is 198 g/mol. The van der Waals surface area contributed by atoms with Gasteiger partial charge in [-0.1, -0.05) is 26.8 Å². The van der Waals surface area contributed by atoms with Gasteiger partial charge in [-0.2, -0.15) is 0 Å². The van der Waals surface area contributed by atoms with Gasteiger partial charge in [0, 0.05) is 6.92 Å². The number of carboxylic acids is 1. The van der Waals surface area contributed by atoms with Crippen LogP contribution < -0.4 is 5.73 Å². The summed E-state index contributed by atoms with van der Waals surface area (Å²) in [6.45, 7) is 8.24. The summed E-state index contributed by atoms with van der Waals surface area (Å²) in [5.74, 6) is -1.17. The first kappa shape index (κ1) is 16.1. The van der Waals surface area contributed by atoms with Gasteiger partial charge in [0.25, 0.3) is 0 Å². The third-order valence-corrected chi connectivity index (χ3v) is 1.79. The first-order chi connectivity index (χ1) is 6.86. The second kappa shape index (κ2) is 9.21. The predicted octanol–water partition coefficient (Wildman–Crippen LogP) is 1.14. The van der Waals surface area contributed by atoms with Gasteiger partial charge in [0.1, 0.15) is 6.04 Å². The molecule has 0 aliphatic rings. The first-order valence-corrected chi connectivity index (χ1v) is 4.63. The van der Waals surface area contributed by atoms with E-state index < -0.39 is 12.0 Å². The third-order valence-electron chi connectivity index (χ3n) is 1.79. The molecule has 2 unspecified atom stereocenters. The van der Waals surface area contributed by atoms with Gasteiger partial charge < -0.3 is 15.6 Å². The fourth-order valence-electron chi connectivity index (χ4n) is 0.615. The van der Waals surface area contributed by atoms with Crippen LogP contribution >= 0.6 is 0 Å². The molecule has 0 radical (unpaired) electrons. The monoisotopic (exact) mass is 217 g/mol. The molecule has 0 fully saturated rings. The van der Waals surface area contributed by atoms with Crippen molar-refractivity contribution in [1.82, 2.24) is 0 Å². The van der Waals surface area contributed by atoms with Gasteiger partial charge in [0.05, 0.1) is 6.26 Å². The van der Waals surface area contributed by atoms with Crippen LogP contribution in [0.1, 0.15) is 27.2 Å². The number of carbonyl (C=O) groups is 2. The molecule has 0 aromatic heterocycles. The van der Waals surface area contributed by atoms with Crippen LogP contribution in [0.15, 0.2) is 12.8 Å². The van der Waals surface area contributed by atoms with Crippen molar-refractivity contribution in [2.75, 3.05) is 0 Å². The molecule has 0 aliphatic heterocycles. The van der Waals surface area contributed by atoms with E-state index in [0.29, 0.717) is 0 Å². The van der Waals surface area contributed by atoms with Gasteiger partial charge in [-0.15, -0.1) is 0 Å². The molecule has 0 rings (SSSR count). The Bertz CT molecular complexity index is 215. The van der Waals surface area contributed by atoms with E-state index in [1.807, 2.05) is 13.8 Å². The van der Waals surface area contributed by atoms with Gasteiger partial charge in [-0.05, 0) is 5.92 Å². The predicted molar refractivity (Wildman–Crippen MR) is 57.0 cm³/mol. The molecular formula is C10H19NO4. The Balaban J connectivity index is 0. The number of aliphatic carboxylic acids is 1. The summed E-state index contributed by atoms with van der Waals surface area (Å²) in [5.41, 5.74) is 5.27. The number of esters is 1. The Morgan fingerprint density at radius 2 is 2.07 bits per heavy atom. The maximum absolute atomic E-state index is 10.2. The van der Waals surface area contributed by atoms with Crippen molar-refractivity contribution in [1.29, 1.82) is 0 Å². The van der Waals surface area contributed by atoms with E-state index in [1.54, 1.807) is 0 Å².